The van der Waals surface area contributed by atoms with Gasteiger partial charge in [-0.2, -0.15) is 15.0 Å². The van der Waals surface area contributed by atoms with Crippen LogP contribution >= 0.6 is 11.6 Å². The molecule has 0 aliphatic carbocycles. The molecule has 0 aliphatic rings. The summed E-state index contributed by atoms with van der Waals surface area (Å²) in [4.78, 5) is 4.12. The largest absolute Gasteiger partial charge is 0.493 e. The topological polar surface area (TPSA) is 74.7 Å². The molecule has 22 heavy (non-hydrogen) atoms. The van der Waals surface area contributed by atoms with Crippen LogP contribution in [0.5, 0.6) is 5.88 Å². The number of hydrogen-bond donors (Lipinski definition) is 1. The minimum Gasteiger partial charge on any atom is -0.493 e. The maximum Gasteiger partial charge on any atom is 0.215 e. The molecule has 0 saturated heterocycles. The lowest BCUT2D eigenvalue weighted by atomic mass is 10.1. The van der Waals surface area contributed by atoms with E-state index in [1.54, 1.807) is 18.2 Å². The summed E-state index contributed by atoms with van der Waals surface area (Å²) < 4.78 is 1.30. The summed E-state index contributed by atoms with van der Waals surface area (Å²) in [5.74, 6) is 0.353. The SMILES string of the molecule is N#Cc1ccnc(-n2nc(Cc3ccccc3Cl)cc2O)c1. The van der Waals surface area contributed by atoms with Crippen molar-refractivity contribution >= 4 is 11.6 Å². The van der Waals surface area contributed by atoms with Crippen LogP contribution in [-0.4, -0.2) is 19.9 Å². The van der Waals surface area contributed by atoms with E-state index in [0.29, 0.717) is 28.5 Å². The zero-order chi connectivity index (χ0) is 15.5. The highest BCUT2D eigenvalue weighted by Gasteiger charge is 2.11. The fourth-order valence-electron chi connectivity index (χ4n) is 2.11. The van der Waals surface area contributed by atoms with Gasteiger partial charge in [0.1, 0.15) is 0 Å². The van der Waals surface area contributed by atoms with Crippen molar-refractivity contribution in [2.45, 2.75) is 6.42 Å². The smallest absolute Gasteiger partial charge is 0.215 e. The molecule has 0 unspecified atom stereocenters. The van der Waals surface area contributed by atoms with Gasteiger partial charge in [0.15, 0.2) is 5.82 Å². The highest BCUT2D eigenvalue weighted by molar-refractivity contribution is 6.31. The molecule has 0 aliphatic heterocycles. The lowest BCUT2D eigenvalue weighted by Gasteiger charge is -2.02. The molecule has 6 heteroatoms. The average molecular weight is 311 g/mol. The molecular formula is C16H11ClN4O. The molecule has 0 bridgehead atoms. The van der Waals surface area contributed by atoms with Gasteiger partial charge in [-0.05, 0) is 17.7 Å². The van der Waals surface area contributed by atoms with Gasteiger partial charge in [0.2, 0.25) is 5.88 Å². The molecule has 0 fully saturated rings. The lowest BCUT2D eigenvalue weighted by molar-refractivity contribution is 0.432. The summed E-state index contributed by atoms with van der Waals surface area (Å²) in [6, 6.07) is 14.2. The molecule has 1 N–H and O–H groups in total. The Morgan fingerprint density at radius 1 is 1.23 bits per heavy atom. The van der Waals surface area contributed by atoms with E-state index < -0.39 is 0 Å². The Bertz CT molecular complexity index is 867. The van der Waals surface area contributed by atoms with Crippen molar-refractivity contribution < 1.29 is 5.11 Å². The molecule has 0 amide bonds. The summed E-state index contributed by atoms with van der Waals surface area (Å²) in [7, 11) is 0. The van der Waals surface area contributed by atoms with Gasteiger partial charge in [-0.3, -0.25) is 0 Å². The van der Waals surface area contributed by atoms with Crippen LogP contribution in [0.2, 0.25) is 5.02 Å². The molecule has 0 radical (unpaired) electrons. The highest BCUT2D eigenvalue weighted by Crippen LogP contribution is 2.22. The number of aromatic nitrogens is 3. The third kappa shape index (κ3) is 2.78. The third-order valence-corrected chi connectivity index (χ3v) is 3.53. The summed E-state index contributed by atoms with van der Waals surface area (Å²) >= 11 is 6.13. The van der Waals surface area contributed by atoms with Crippen molar-refractivity contribution in [3.8, 4) is 17.8 Å². The fraction of sp³-hybridized carbons (Fsp3) is 0.0625. The number of nitriles is 1. The number of pyridine rings is 1. The normalized spacial score (nSPS) is 10.4. The predicted octanol–water partition coefficient (Wildman–Crippen LogP) is 3.09. The number of nitrogens with zero attached hydrogens (tertiary/aromatic N) is 4. The second kappa shape index (κ2) is 5.88. The van der Waals surface area contributed by atoms with Crippen LogP contribution < -0.4 is 0 Å². The summed E-state index contributed by atoms with van der Waals surface area (Å²) in [5.41, 5.74) is 2.04. The van der Waals surface area contributed by atoms with Gasteiger partial charge in [0, 0.05) is 29.8 Å². The summed E-state index contributed by atoms with van der Waals surface area (Å²) in [6.07, 6.45) is 2.00. The third-order valence-electron chi connectivity index (χ3n) is 3.16. The number of aromatic hydroxyl groups is 1. The zero-order valence-corrected chi connectivity index (χ0v) is 12.2. The van der Waals surface area contributed by atoms with Crippen LogP contribution in [0, 0.1) is 11.3 Å². The minimum absolute atomic E-state index is 0.0374. The quantitative estimate of drug-likeness (QED) is 0.806. The van der Waals surface area contributed by atoms with Gasteiger partial charge in [0.25, 0.3) is 0 Å². The molecule has 0 atom stereocenters. The van der Waals surface area contributed by atoms with Gasteiger partial charge >= 0.3 is 0 Å². The van der Waals surface area contributed by atoms with E-state index in [9.17, 15) is 5.11 Å². The van der Waals surface area contributed by atoms with E-state index in [-0.39, 0.29) is 5.88 Å². The maximum atomic E-state index is 10.0. The van der Waals surface area contributed by atoms with E-state index in [0.717, 1.165) is 5.56 Å². The Kier molecular flexibility index (Phi) is 3.77. The molecule has 0 saturated carbocycles. The molecule has 3 aromatic rings. The van der Waals surface area contributed by atoms with E-state index in [1.165, 1.54) is 10.9 Å². The lowest BCUT2D eigenvalue weighted by Crippen LogP contribution is -2.00. The highest BCUT2D eigenvalue weighted by atomic mass is 35.5. The molecule has 3 rings (SSSR count). The number of halogens is 1. The summed E-state index contributed by atoms with van der Waals surface area (Å²) in [5, 5.41) is 23.9. The number of rotatable bonds is 3. The molecule has 2 aromatic heterocycles. The van der Waals surface area contributed by atoms with Gasteiger partial charge in [-0.15, -0.1) is 0 Å². The van der Waals surface area contributed by atoms with Crippen LogP contribution in [0.25, 0.3) is 5.82 Å². The van der Waals surface area contributed by atoms with Gasteiger partial charge < -0.3 is 5.11 Å². The van der Waals surface area contributed by atoms with Crippen LogP contribution in [-0.2, 0) is 6.42 Å². The van der Waals surface area contributed by atoms with Crippen LogP contribution in [0.4, 0.5) is 0 Å². The fourth-order valence-corrected chi connectivity index (χ4v) is 2.32. The van der Waals surface area contributed by atoms with E-state index in [2.05, 4.69) is 10.1 Å². The van der Waals surface area contributed by atoms with Gasteiger partial charge in [-0.25, -0.2) is 4.98 Å². The second-order valence-corrected chi connectivity index (χ2v) is 5.10. The van der Waals surface area contributed by atoms with E-state index in [4.69, 9.17) is 16.9 Å². The molecule has 0 spiro atoms. The maximum absolute atomic E-state index is 10.0. The van der Waals surface area contributed by atoms with Gasteiger partial charge in [0.05, 0.1) is 17.3 Å². The Labute approximate surface area is 132 Å². The number of hydrogen-bond acceptors (Lipinski definition) is 4. The average Bonchev–Trinajstić information content (AvgIpc) is 2.90. The zero-order valence-electron chi connectivity index (χ0n) is 11.4. The van der Waals surface area contributed by atoms with Crippen molar-refractivity contribution in [3.05, 3.63) is 70.5 Å². The Morgan fingerprint density at radius 2 is 2.05 bits per heavy atom. The predicted molar refractivity (Wildman–Crippen MR) is 82.0 cm³/mol. The monoisotopic (exact) mass is 310 g/mol. The molecule has 5 nitrogen and oxygen atoms in total. The number of benzene rings is 1. The van der Waals surface area contributed by atoms with Crippen molar-refractivity contribution in [2.24, 2.45) is 0 Å². The minimum atomic E-state index is -0.0374. The van der Waals surface area contributed by atoms with E-state index in [1.807, 2.05) is 30.3 Å². The Morgan fingerprint density at radius 3 is 2.82 bits per heavy atom. The van der Waals surface area contributed by atoms with Crippen LogP contribution in [0.1, 0.15) is 16.8 Å². The van der Waals surface area contributed by atoms with Gasteiger partial charge in [-0.1, -0.05) is 29.8 Å². The second-order valence-electron chi connectivity index (χ2n) is 4.69. The first-order chi connectivity index (χ1) is 10.7. The molecule has 2 heterocycles. The van der Waals surface area contributed by atoms with Crippen molar-refractivity contribution in [2.75, 3.05) is 0 Å². The standard InChI is InChI=1S/C16H11ClN4O/c17-14-4-2-1-3-12(14)8-13-9-16(22)21(20-13)15-7-11(10-18)5-6-19-15/h1-7,9,22H,8H2. The molecule has 1 aromatic carbocycles. The van der Waals surface area contributed by atoms with Crippen LogP contribution in [0.3, 0.4) is 0 Å². The first-order valence-corrected chi connectivity index (χ1v) is 6.93. The first-order valence-electron chi connectivity index (χ1n) is 6.55. The molecule has 108 valence electrons. The van der Waals surface area contributed by atoms with Crippen LogP contribution in [0.15, 0.2) is 48.7 Å². The Balaban J connectivity index is 1.94. The summed E-state index contributed by atoms with van der Waals surface area (Å²) in [6.45, 7) is 0. The Hall–Kier alpha value is -2.84. The van der Waals surface area contributed by atoms with E-state index >= 15 is 0 Å². The van der Waals surface area contributed by atoms with Crippen molar-refractivity contribution in [1.82, 2.24) is 14.8 Å². The van der Waals surface area contributed by atoms with Crippen molar-refractivity contribution in [3.63, 3.8) is 0 Å². The van der Waals surface area contributed by atoms with Crippen molar-refractivity contribution in [1.29, 1.82) is 5.26 Å². The first kappa shape index (κ1) is 14.1. The molecular weight excluding hydrogens is 300 g/mol.